The molecular formula is C18H22N4O3. The summed E-state index contributed by atoms with van der Waals surface area (Å²) in [7, 11) is 0. The average Bonchev–Trinajstić information content (AvgIpc) is 3.28. The SMILES string of the molecule is C[C@H](Cn1ccnc1)NC(=O)c1cccc(NC(=O)[C@H]2CCCO2)c1. The molecular weight excluding hydrogens is 320 g/mol. The van der Waals surface area contributed by atoms with Gasteiger partial charge in [-0.1, -0.05) is 6.07 Å². The fourth-order valence-corrected chi connectivity index (χ4v) is 2.81. The maximum Gasteiger partial charge on any atom is 0.253 e. The summed E-state index contributed by atoms with van der Waals surface area (Å²) in [5, 5.41) is 5.76. The number of imidazole rings is 1. The number of anilines is 1. The Morgan fingerprint density at radius 1 is 1.44 bits per heavy atom. The van der Waals surface area contributed by atoms with Crippen LogP contribution in [0.2, 0.25) is 0 Å². The zero-order valence-electron chi connectivity index (χ0n) is 14.1. The third-order valence-electron chi connectivity index (χ3n) is 4.04. The van der Waals surface area contributed by atoms with Crippen molar-refractivity contribution in [3.63, 3.8) is 0 Å². The molecule has 2 heterocycles. The molecule has 0 radical (unpaired) electrons. The predicted octanol–water partition coefficient (Wildman–Crippen LogP) is 1.82. The largest absolute Gasteiger partial charge is 0.368 e. The number of aromatic nitrogens is 2. The number of ether oxygens (including phenoxy) is 1. The molecule has 1 saturated heterocycles. The quantitative estimate of drug-likeness (QED) is 0.838. The Morgan fingerprint density at radius 3 is 3.04 bits per heavy atom. The fourth-order valence-electron chi connectivity index (χ4n) is 2.81. The average molecular weight is 342 g/mol. The summed E-state index contributed by atoms with van der Waals surface area (Å²) < 4.78 is 7.27. The number of hydrogen-bond acceptors (Lipinski definition) is 4. The van der Waals surface area contributed by atoms with Crippen LogP contribution in [0.15, 0.2) is 43.0 Å². The Morgan fingerprint density at radius 2 is 2.32 bits per heavy atom. The second kappa shape index (κ2) is 7.94. The number of amides is 2. The van der Waals surface area contributed by atoms with E-state index >= 15 is 0 Å². The fraction of sp³-hybridized carbons (Fsp3) is 0.389. The van der Waals surface area contributed by atoms with Crippen molar-refractivity contribution < 1.29 is 14.3 Å². The lowest BCUT2D eigenvalue weighted by Gasteiger charge is -2.15. The molecule has 2 aromatic rings. The molecule has 7 nitrogen and oxygen atoms in total. The van der Waals surface area contributed by atoms with Crippen LogP contribution in [-0.4, -0.2) is 40.1 Å². The van der Waals surface area contributed by atoms with Crippen molar-refractivity contribution in [1.82, 2.24) is 14.9 Å². The minimum absolute atomic E-state index is 0.0492. The van der Waals surface area contributed by atoms with Gasteiger partial charge < -0.3 is 19.9 Å². The molecule has 0 aliphatic carbocycles. The molecule has 1 aromatic carbocycles. The van der Waals surface area contributed by atoms with E-state index in [1.54, 1.807) is 36.8 Å². The molecule has 3 rings (SSSR count). The molecule has 2 N–H and O–H groups in total. The summed E-state index contributed by atoms with van der Waals surface area (Å²) in [5.74, 6) is -0.343. The molecule has 0 bridgehead atoms. The van der Waals surface area contributed by atoms with Crippen LogP contribution >= 0.6 is 0 Å². The van der Waals surface area contributed by atoms with E-state index in [1.165, 1.54) is 0 Å². The summed E-state index contributed by atoms with van der Waals surface area (Å²) >= 11 is 0. The Hall–Kier alpha value is -2.67. The number of benzene rings is 1. The highest BCUT2D eigenvalue weighted by Gasteiger charge is 2.23. The summed E-state index contributed by atoms with van der Waals surface area (Å²) in [6.07, 6.45) is 6.50. The Bertz CT molecular complexity index is 724. The van der Waals surface area contributed by atoms with Gasteiger partial charge in [-0.05, 0) is 38.0 Å². The second-order valence-corrected chi connectivity index (χ2v) is 6.21. The molecule has 7 heteroatoms. The van der Waals surface area contributed by atoms with Gasteiger partial charge in [-0.3, -0.25) is 9.59 Å². The van der Waals surface area contributed by atoms with Crippen LogP contribution in [0.3, 0.4) is 0 Å². The summed E-state index contributed by atoms with van der Waals surface area (Å²) in [6.45, 7) is 3.19. The van der Waals surface area contributed by atoms with Gasteiger partial charge in [0.1, 0.15) is 6.10 Å². The lowest BCUT2D eigenvalue weighted by Crippen LogP contribution is -2.35. The zero-order chi connectivity index (χ0) is 17.6. The molecule has 1 aromatic heterocycles. The van der Waals surface area contributed by atoms with Gasteiger partial charge in [-0.15, -0.1) is 0 Å². The first-order valence-corrected chi connectivity index (χ1v) is 8.41. The van der Waals surface area contributed by atoms with Gasteiger partial charge in [0.25, 0.3) is 11.8 Å². The van der Waals surface area contributed by atoms with Gasteiger partial charge in [0, 0.05) is 42.8 Å². The van der Waals surface area contributed by atoms with Crippen LogP contribution in [0.25, 0.3) is 0 Å². The van der Waals surface area contributed by atoms with Gasteiger partial charge in [0.05, 0.1) is 6.33 Å². The van der Waals surface area contributed by atoms with Crippen molar-refractivity contribution in [3.05, 3.63) is 48.5 Å². The summed E-state index contributed by atoms with van der Waals surface area (Å²) in [5.41, 5.74) is 1.10. The second-order valence-electron chi connectivity index (χ2n) is 6.21. The van der Waals surface area contributed by atoms with Gasteiger partial charge in [0.15, 0.2) is 0 Å². The van der Waals surface area contributed by atoms with Crippen LogP contribution in [0, 0.1) is 0 Å². The first-order valence-electron chi connectivity index (χ1n) is 8.41. The molecule has 2 atom stereocenters. The highest BCUT2D eigenvalue weighted by Crippen LogP contribution is 2.16. The van der Waals surface area contributed by atoms with E-state index in [0.717, 1.165) is 12.8 Å². The lowest BCUT2D eigenvalue weighted by molar-refractivity contribution is -0.124. The molecule has 132 valence electrons. The van der Waals surface area contributed by atoms with E-state index < -0.39 is 6.10 Å². The smallest absolute Gasteiger partial charge is 0.253 e. The number of hydrogen-bond donors (Lipinski definition) is 2. The molecule has 0 unspecified atom stereocenters. The third-order valence-corrected chi connectivity index (χ3v) is 4.04. The first-order chi connectivity index (χ1) is 12.1. The van der Waals surface area contributed by atoms with Gasteiger partial charge in [-0.25, -0.2) is 4.98 Å². The van der Waals surface area contributed by atoms with Gasteiger partial charge in [0.2, 0.25) is 0 Å². The summed E-state index contributed by atoms with van der Waals surface area (Å²) in [4.78, 5) is 28.5. The van der Waals surface area contributed by atoms with E-state index in [1.807, 2.05) is 17.7 Å². The van der Waals surface area contributed by atoms with Crippen LogP contribution < -0.4 is 10.6 Å². The highest BCUT2D eigenvalue weighted by atomic mass is 16.5. The number of nitrogens with one attached hydrogen (secondary N) is 2. The molecule has 2 amide bonds. The van der Waals surface area contributed by atoms with Crippen molar-refractivity contribution in [1.29, 1.82) is 0 Å². The van der Waals surface area contributed by atoms with Crippen LogP contribution in [0.4, 0.5) is 5.69 Å². The monoisotopic (exact) mass is 342 g/mol. The molecule has 1 fully saturated rings. The summed E-state index contributed by atoms with van der Waals surface area (Å²) in [6, 6.07) is 6.86. The van der Waals surface area contributed by atoms with Crippen molar-refractivity contribution in [2.45, 2.75) is 38.5 Å². The Kier molecular flexibility index (Phi) is 5.45. The van der Waals surface area contributed by atoms with Crippen molar-refractivity contribution in [2.24, 2.45) is 0 Å². The third kappa shape index (κ3) is 4.67. The number of nitrogens with zero attached hydrogens (tertiary/aromatic N) is 2. The van der Waals surface area contributed by atoms with Gasteiger partial charge >= 0.3 is 0 Å². The number of carbonyl (C=O) groups is 2. The normalized spacial score (nSPS) is 17.9. The Balaban J connectivity index is 1.58. The van der Waals surface area contributed by atoms with Crippen molar-refractivity contribution >= 4 is 17.5 Å². The Labute approximate surface area is 146 Å². The minimum Gasteiger partial charge on any atom is -0.368 e. The minimum atomic E-state index is -0.396. The number of carbonyl (C=O) groups excluding carboxylic acids is 2. The van der Waals surface area contributed by atoms with Crippen molar-refractivity contribution in [3.8, 4) is 0 Å². The topological polar surface area (TPSA) is 85.3 Å². The van der Waals surface area contributed by atoms with E-state index in [-0.39, 0.29) is 17.9 Å². The van der Waals surface area contributed by atoms with Crippen molar-refractivity contribution in [2.75, 3.05) is 11.9 Å². The zero-order valence-corrected chi connectivity index (χ0v) is 14.1. The maximum absolute atomic E-state index is 12.4. The molecule has 0 saturated carbocycles. The first kappa shape index (κ1) is 17.2. The standard InChI is InChI=1S/C18H22N4O3/c1-13(11-22-8-7-19-12-22)20-17(23)14-4-2-5-15(10-14)21-18(24)16-6-3-9-25-16/h2,4-5,7-8,10,12-13,16H,3,6,9,11H2,1H3,(H,20,23)(H,21,24)/t13-,16-/m1/s1. The van der Waals surface area contributed by atoms with E-state index in [9.17, 15) is 9.59 Å². The van der Waals surface area contributed by atoms with E-state index in [2.05, 4.69) is 15.6 Å². The maximum atomic E-state index is 12.4. The van der Waals surface area contributed by atoms with E-state index in [4.69, 9.17) is 4.74 Å². The molecule has 0 spiro atoms. The van der Waals surface area contributed by atoms with Gasteiger partial charge in [-0.2, -0.15) is 0 Å². The lowest BCUT2D eigenvalue weighted by atomic mass is 10.1. The molecule has 25 heavy (non-hydrogen) atoms. The van der Waals surface area contributed by atoms with E-state index in [0.29, 0.717) is 24.4 Å². The predicted molar refractivity (Wildman–Crippen MR) is 93.2 cm³/mol. The van der Waals surface area contributed by atoms with Crippen LogP contribution in [-0.2, 0) is 16.1 Å². The highest BCUT2D eigenvalue weighted by molar-refractivity contribution is 5.98. The van der Waals surface area contributed by atoms with Crippen LogP contribution in [0.1, 0.15) is 30.1 Å². The number of rotatable bonds is 6. The van der Waals surface area contributed by atoms with Crippen LogP contribution in [0.5, 0.6) is 0 Å². The molecule has 1 aliphatic heterocycles. The molecule has 1 aliphatic rings.